The van der Waals surface area contributed by atoms with Crippen LogP contribution in [0.5, 0.6) is 0 Å². The Morgan fingerprint density at radius 1 is 1.21 bits per heavy atom. The highest BCUT2D eigenvalue weighted by molar-refractivity contribution is 14.1. The van der Waals surface area contributed by atoms with Crippen LogP contribution in [-0.2, 0) is 6.54 Å². The van der Waals surface area contributed by atoms with Crippen LogP contribution >= 0.6 is 22.6 Å². The lowest BCUT2D eigenvalue weighted by molar-refractivity contribution is 0.0784. The van der Waals surface area contributed by atoms with Crippen molar-refractivity contribution in [3.63, 3.8) is 0 Å². The molecule has 0 aliphatic heterocycles. The molecule has 0 saturated heterocycles. The first-order valence-corrected chi connectivity index (χ1v) is 7.00. The van der Waals surface area contributed by atoms with Gasteiger partial charge in [0.1, 0.15) is 0 Å². The molecule has 0 unspecified atom stereocenters. The lowest BCUT2D eigenvalue weighted by Gasteiger charge is -2.18. The van der Waals surface area contributed by atoms with Crippen molar-refractivity contribution in [1.29, 1.82) is 0 Å². The normalized spacial score (nSPS) is 10.2. The highest BCUT2D eigenvalue weighted by Crippen LogP contribution is 2.15. The van der Waals surface area contributed by atoms with Crippen LogP contribution in [0.3, 0.4) is 0 Å². The molecule has 4 heteroatoms. The van der Waals surface area contributed by atoms with Gasteiger partial charge < -0.3 is 10.6 Å². The summed E-state index contributed by atoms with van der Waals surface area (Å²) in [5.74, 6) is 0.0208. The van der Waals surface area contributed by atoms with Gasteiger partial charge in [0.25, 0.3) is 5.91 Å². The zero-order valence-corrected chi connectivity index (χ0v) is 12.8. The molecule has 1 amide bonds. The molecular weight excluding hydrogens is 351 g/mol. The van der Waals surface area contributed by atoms with Crippen molar-refractivity contribution >= 4 is 34.2 Å². The Morgan fingerprint density at radius 3 is 2.63 bits per heavy atom. The quantitative estimate of drug-likeness (QED) is 0.670. The Hall–Kier alpha value is -1.56. The number of nitrogen functional groups attached to an aromatic ring is 1. The fourth-order valence-electron chi connectivity index (χ4n) is 1.88. The summed E-state index contributed by atoms with van der Waals surface area (Å²) >= 11 is 2.18. The Bertz CT molecular complexity index is 598. The van der Waals surface area contributed by atoms with E-state index in [2.05, 4.69) is 22.6 Å². The Labute approximate surface area is 126 Å². The second kappa shape index (κ2) is 6.06. The number of amides is 1. The van der Waals surface area contributed by atoms with Gasteiger partial charge in [0.2, 0.25) is 0 Å². The van der Waals surface area contributed by atoms with Crippen molar-refractivity contribution in [1.82, 2.24) is 4.90 Å². The van der Waals surface area contributed by atoms with Crippen LogP contribution in [0.25, 0.3) is 0 Å². The summed E-state index contributed by atoms with van der Waals surface area (Å²) in [4.78, 5) is 14.0. The molecule has 0 aromatic heterocycles. The summed E-state index contributed by atoms with van der Waals surface area (Å²) < 4.78 is 0.963. The highest BCUT2D eigenvalue weighted by atomic mass is 127. The van der Waals surface area contributed by atoms with Gasteiger partial charge in [-0.05, 0) is 52.4 Å². The number of anilines is 1. The van der Waals surface area contributed by atoms with Crippen molar-refractivity contribution in [2.75, 3.05) is 12.8 Å². The van der Waals surface area contributed by atoms with Crippen LogP contribution in [0.1, 0.15) is 15.9 Å². The predicted octanol–water partition coefficient (Wildman–Crippen LogP) is 3.15. The molecule has 2 aromatic carbocycles. The molecule has 2 N–H and O–H groups in total. The van der Waals surface area contributed by atoms with E-state index in [0.29, 0.717) is 12.2 Å². The molecule has 0 atom stereocenters. The average Bonchev–Trinajstić information content (AvgIpc) is 2.38. The van der Waals surface area contributed by atoms with Crippen LogP contribution in [0.15, 0.2) is 48.5 Å². The van der Waals surface area contributed by atoms with Crippen molar-refractivity contribution < 1.29 is 4.79 Å². The average molecular weight is 366 g/mol. The molecule has 0 fully saturated rings. The molecule has 19 heavy (non-hydrogen) atoms. The van der Waals surface area contributed by atoms with E-state index >= 15 is 0 Å². The second-order valence-electron chi connectivity index (χ2n) is 4.39. The number of benzene rings is 2. The van der Waals surface area contributed by atoms with Crippen LogP contribution in [-0.4, -0.2) is 17.9 Å². The van der Waals surface area contributed by atoms with Gasteiger partial charge in [-0.25, -0.2) is 0 Å². The summed E-state index contributed by atoms with van der Waals surface area (Å²) in [6.07, 6.45) is 0. The smallest absolute Gasteiger partial charge is 0.254 e. The molecule has 0 saturated carbocycles. The summed E-state index contributed by atoms with van der Waals surface area (Å²) in [6, 6.07) is 15.2. The number of carbonyl (C=O) groups excluding carboxylic acids is 1. The number of halogens is 1. The van der Waals surface area contributed by atoms with Crippen LogP contribution < -0.4 is 5.73 Å². The van der Waals surface area contributed by atoms with Gasteiger partial charge in [0.05, 0.1) is 5.56 Å². The minimum atomic E-state index is 0.0208. The third kappa shape index (κ3) is 3.47. The van der Waals surface area contributed by atoms with E-state index in [1.165, 1.54) is 0 Å². The lowest BCUT2D eigenvalue weighted by Crippen LogP contribution is -2.26. The minimum absolute atomic E-state index is 0.0208. The molecule has 2 aromatic rings. The van der Waals surface area contributed by atoms with Gasteiger partial charge in [0, 0.05) is 22.8 Å². The third-order valence-electron chi connectivity index (χ3n) is 2.82. The summed E-state index contributed by atoms with van der Waals surface area (Å²) in [6.45, 7) is 0.550. The molecule has 3 nitrogen and oxygen atoms in total. The van der Waals surface area contributed by atoms with Crippen LogP contribution in [0.4, 0.5) is 5.69 Å². The van der Waals surface area contributed by atoms with Gasteiger partial charge in [0.15, 0.2) is 0 Å². The Kier molecular flexibility index (Phi) is 4.42. The molecular formula is C15H15IN2O. The Morgan fingerprint density at radius 2 is 1.95 bits per heavy atom. The minimum Gasteiger partial charge on any atom is -0.399 e. The maximum Gasteiger partial charge on any atom is 0.254 e. The fourth-order valence-corrected chi connectivity index (χ4v) is 2.50. The molecule has 2 rings (SSSR count). The molecule has 0 aliphatic carbocycles. The first-order chi connectivity index (χ1) is 9.08. The number of nitrogens with two attached hydrogens (primary N) is 1. The van der Waals surface area contributed by atoms with Gasteiger partial charge in [-0.1, -0.05) is 24.3 Å². The maximum absolute atomic E-state index is 12.3. The van der Waals surface area contributed by atoms with E-state index < -0.39 is 0 Å². The third-order valence-corrected chi connectivity index (χ3v) is 3.76. The van der Waals surface area contributed by atoms with Gasteiger partial charge in [-0.15, -0.1) is 0 Å². The number of rotatable bonds is 3. The summed E-state index contributed by atoms with van der Waals surface area (Å²) in [7, 11) is 1.80. The SMILES string of the molecule is CN(Cc1cccc(N)c1)C(=O)c1ccccc1I. The van der Waals surface area contributed by atoms with Crippen LogP contribution in [0.2, 0.25) is 0 Å². The molecule has 0 bridgehead atoms. The standard InChI is InChI=1S/C15H15IN2O/c1-18(10-11-5-4-6-12(17)9-11)15(19)13-7-2-3-8-14(13)16/h2-9H,10,17H2,1H3. The van der Waals surface area contributed by atoms with Crippen LogP contribution in [0, 0.1) is 3.57 Å². The maximum atomic E-state index is 12.3. The second-order valence-corrected chi connectivity index (χ2v) is 5.55. The first-order valence-electron chi connectivity index (χ1n) is 5.92. The monoisotopic (exact) mass is 366 g/mol. The van der Waals surface area contributed by atoms with E-state index in [9.17, 15) is 4.79 Å². The topological polar surface area (TPSA) is 46.3 Å². The zero-order chi connectivity index (χ0) is 13.8. The number of hydrogen-bond acceptors (Lipinski definition) is 2. The van der Waals surface area contributed by atoms with E-state index in [1.54, 1.807) is 11.9 Å². The largest absolute Gasteiger partial charge is 0.399 e. The molecule has 98 valence electrons. The van der Waals surface area contributed by atoms with Gasteiger partial charge in [-0.2, -0.15) is 0 Å². The van der Waals surface area contributed by atoms with E-state index in [4.69, 9.17) is 5.73 Å². The first kappa shape index (κ1) is 13.9. The predicted molar refractivity (Wildman–Crippen MR) is 85.8 cm³/mol. The fraction of sp³-hybridized carbons (Fsp3) is 0.133. The van der Waals surface area contributed by atoms with Crippen molar-refractivity contribution in [3.8, 4) is 0 Å². The number of nitrogens with zero attached hydrogens (tertiary/aromatic N) is 1. The number of carbonyl (C=O) groups is 1. The summed E-state index contributed by atoms with van der Waals surface area (Å²) in [5.41, 5.74) is 8.22. The van der Waals surface area contributed by atoms with E-state index in [1.807, 2.05) is 48.5 Å². The molecule has 0 spiro atoms. The Balaban J connectivity index is 2.14. The summed E-state index contributed by atoms with van der Waals surface area (Å²) in [5, 5.41) is 0. The molecule has 0 radical (unpaired) electrons. The molecule has 0 aliphatic rings. The highest BCUT2D eigenvalue weighted by Gasteiger charge is 2.14. The zero-order valence-electron chi connectivity index (χ0n) is 10.6. The van der Waals surface area contributed by atoms with Gasteiger partial charge in [-0.3, -0.25) is 4.79 Å². The van der Waals surface area contributed by atoms with Gasteiger partial charge >= 0.3 is 0 Å². The van der Waals surface area contributed by atoms with Crippen molar-refractivity contribution in [2.24, 2.45) is 0 Å². The van der Waals surface area contributed by atoms with Crippen molar-refractivity contribution in [3.05, 3.63) is 63.2 Å². The van der Waals surface area contributed by atoms with E-state index in [0.717, 1.165) is 14.7 Å². The molecule has 0 heterocycles. The van der Waals surface area contributed by atoms with Crippen molar-refractivity contribution in [2.45, 2.75) is 6.54 Å². The number of hydrogen-bond donors (Lipinski definition) is 1. The van der Waals surface area contributed by atoms with E-state index in [-0.39, 0.29) is 5.91 Å². The lowest BCUT2D eigenvalue weighted by atomic mass is 10.1.